The van der Waals surface area contributed by atoms with E-state index in [-0.39, 0.29) is 21.8 Å². The van der Waals surface area contributed by atoms with Crippen LogP contribution in [0.1, 0.15) is 38.0 Å². The molecule has 4 aromatic rings. The number of ether oxygens (including phenoxy) is 2. The van der Waals surface area contributed by atoms with Gasteiger partial charge in [-0.25, -0.2) is 9.18 Å². The van der Waals surface area contributed by atoms with Crippen LogP contribution >= 0.6 is 11.3 Å². The number of thiophene rings is 1. The molecule has 2 unspecified atom stereocenters. The van der Waals surface area contributed by atoms with Crippen LogP contribution in [0.3, 0.4) is 0 Å². The van der Waals surface area contributed by atoms with Crippen LogP contribution < -0.4 is 21.9 Å². The highest BCUT2D eigenvalue weighted by Crippen LogP contribution is 2.50. The average molecular weight is 492 g/mol. The monoisotopic (exact) mass is 491 g/mol. The molecular weight excluding hydrogens is 469 g/mol. The molecule has 178 valence electrons. The third-order valence-electron chi connectivity index (χ3n) is 6.43. The number of benzene rings is 3. The van der Waals surface area contributed by atoms with Gasteiger partial charge in [-0.15, -0.1) is 11.3 Å². The third kappa shape index (κ3) is 3.23. The topological polar surface area (TPSA) is 131 Å². The third-order valence-corrected chi connectivity index (χ3v) is 7.67. The van der Waals surface area contributed by atoms with Gasteiger partial charge in [0.15, 0.2) is 17.3 Å². The highest BCUT2D eigenvalue weighted by atomic mass is 32.1. The van der Waals surface area contributed by atoms with E-state index in [4.69, 9.17) is 26.7 Å². The minimum Gasteiger partial charge on any atom is -0.465 e. The molecule has 5 rings (SSSR count). The number of carbonyl (C=O) groups is 2. The number of para-hydroxylation sites is 1. The van der Waals surface area contributed by atoms with Crippen molar-refractivity contribution in [1.82, 2.24) is 0 Å². The number of nitrogens with two attached hydrogens (primary N) is 3. The summed E-state index contributed by atoms with van der Waals surface area (Å²) in [6, 6.07) is 13.8. The van der Waals surface area contributed by atoms with Crippen LogP contribution in [0.4, 0.5) is 10.1 Å². The zero-order chi connectivity index (χ0) is 25.1. The van der Waals surface area contributed by atoms with Gasteiger partial charge in [0.2, 0.25) is 0 Å². The molecule has 1 aliphatic carbocycles. The maximum atomic E-state index is 15.5. The van der Waals surface area contributed by atoms with Crippen LogP contribution in [-0.4, -0.2) is 18.9 Å². The predicted octanol–water partition coefficient (Wildman–Crippen LogP) is 4.29. The van der Waals surface area contributed by atoms with Gasteiger partial charge in [0.1, 0.15) is 16.2 Å². The number of Topliss-reactive ketones (excluding diaryl/α,β-unsaturated/α-hetero) is 1. The summed E-state index contributed by atoms with van der Waals surface area (Å²) in [6.45, 7) is 1.54. The largest absolute Gasteiger partial charge is 0.465 e. The molecule has 0 saturated heterocycles. The first kappa shape index (κ1) is 23.0. The Morgan fingerprint density at radius 2 is 1.77 bits per heavy atom. The zero-order valence-electron chi connectivity index (χ0n) is 18.9. The Morgan fingerprint density at radius 3 is 2.46 bits per heavy atom. The molecule has 0 radical (unpaired) electrons. The summed E-state index contributed by atoms with van der Waals surface area (Å²) in [5, 5.41) is 0.523. The molecule has 3 aromatic carbocycles. The van der Waals surface area contributed by atoms with E-state index in [9.17, 15) is 9.59 Å². The van der Waals surface area contributed by atoms with Crippen molar-refractivity contribution in [2.24, 2.45) is 11.5 Å². The van der Waals surface area contributed by atoms with E-state index in [1.165, 1.54) is 20.1 Å². The second kappa shape index (κ2) is 8.16. The molecule has 0 saturated carbocycles. The summed E-state index contributed by atoms with van der Waals surface area (Å²) >= 11 is 1.09. The van der Waals surface area contributed by atoms with Crippen molar-refractivity contribution in [3.8, 4) is 11.5 Å². The van der Waals surface area contributed by atoms with Crippen molar-refractivity contribution in [1.29, 1.82) is 0 Å². The maximum Gasteiger partial charge on any atom is 0.348 e. The number of ketones is 1. The second-order valence-corrected chi connectivity index (χ2v) is 9.38. The molecule has 1 aromatic heterocycles. The molecule has 2 atom stereocenters. The lowest BCUT2D eigenvalue weighted by Gasteiger charge is -2.37. The first-order chi connectivity index (χ1) is 16.7. The number of rotatable bonds is 4. The highest BCUT2D eigenvalue weighted by Gasteiger charge is 2.49. The Bertz CT molecular complexity index is 1520. The van der Waals surface area contributed by atoms with E-state index < -0.39 is 29.2 Å². The van der Waals surface area contributed by atoms with Gasteiger partial charge in [-0.05, 0) is 47.9 Å². The number of carbonyl (C=O) groups excluding carboxylic acids is 2. The van der Waals surface area contributed by atoms with E-state index in [0.29, 0.717) is 32.6 Å². The van der Waals surface area contributed by atoms with E-state index >= 15 is 4.39 Å². The normalized spacial score (nSPS) is 19.1. The number of halogens is 1. The fourth-order valence-electron chi connectivity index (χ4n) is 4.69. The average Bonchev–Trinajstić information content (AvgIpc) is 3.27. The fraction of sp³-hybridized carbons (Fsp3) is 0.154. The number of nitrogen functional groups attached to an aromatic ring is 1. The van der Waals surface area contributed by atoms with E-state index in [1.807, 2.05) is 6.07 Å². The van der Waals surface area contributed by atoms with Crippen molar-refractivity contribution >= 4 is 38.9 Å². The van der Waals surface area contributed by atoms with Crippen LogP contribution in [-0.2, 0) is 15.1 Å². The second-order valence-electron chi connectivity index (χ2n) is 8.36. The Labute approximate surface area is 204 Å². The van der Waals surface area contributed by atoms with E-state index in [1.54, 1.807) is 42.5 Å². The number of hydrogen-bond acceptors (Lipinski definition) is 8. The van der Waals surface area contributed by atoms with Gasteiger partial charge >= 0.3 is 5.97 Å². The number of anilines is 1. The van der Waals surface area contributed by atoms with Gasteiger partial charge in [0, 0.05) is 16.6 Å². The van der Waals surface area contributed by atoms with Crippen LogP contribution in [0.15, 0.2) is 54.6 Å². The molecule has 9 heteroatoms. The molecule has 7 nitrogen and oxygen atoms in total. The van der Waals surface area contributed by atoms with Crippen molar-refractivity contribution in [2.75, 3.05) is 12.8 Å². The predicted molar refractivity (Wildman–Crippen MR) is 132 cm³/mol. The van der Waals surface area contributed by atoms with Crippen LogP contribution in [0.25, 0.3) is 10.1 Å². The lowest BCUT2D eigenvalue weighted by atomic mass is 9.69. The Balaban J connectivity index is 1.73. The summed E-state index contributed by atoms with van der Waals surface area (Å²) < 4.78 is 26.7. The fourth-order valence-corrected chi connectivity index (χ4v) is 5.90. The highest BCUT2D eigenvalue weighted by molar-refractivity contribution is 7.21. The summed E-state index contributed by atoms with van der Waals surface area (Å²) in [6.07, 6.45) is 0. The first-order valence-electron chi connectivity index (χ1n) is 10.7. The minimum absolute atomic E-state index is 0.000241. The van der Waals surface area contributed by atoms with Gasteiger partial charge in [-0.1, -0.05) is 30.3 Å². The van der Waals surface area contributed by atoms with Crippen LogP contribution in [0, 0.1) is 12.7 Å². The summed E-state index contributed by atoms with van der Waals surface area (Å²) in [5.41, 5.74) is 19.2. The van der Waals surface area contributed by atoms with Gasteiger partial charge in [-0.2, -0.15) is 0 Å². The SMILES string of the molecule is COC(=O)c1sc2c(N)ccc3c2c1C(N)C(=O)C3(N)c1ccc(Oc2ccccc2)c(F)c1C. The molecule has 0 fully saturated rings. The lowest BCUT2D eigenvalue weighted by Crippen LogP contribution is -2.53. The van der Waals surface area contributed by atoms with E-state index in [2.05, 4.69) is 0 Å². The summed E-state index contributed by atoms with van der Waals surface area (Å²) in [7, 11) is 1.25. The Morgan fingerprint density at radius 1 is 1.09 bits per heavy atom. The van der Waals surface area contributed by atoms with Crippen molar-refractivity contribution in [3.63, 3.8) is 0 Å². The van der Waals surface area contributed by atoms with Crippen molar-refractivity contribution in [3.05, 3.63) is 87.5 Å². The molecule has 6 N–H and O–H groups in total. The van der Waals surface area contributed by atoms with Crippen LogP contribution in [0.5, 0.6) is 11.5 Å². The molecule has 0 amide bonds. The van der Waals surface area contributed by atoms with Gasteiger partial charge in [0.25, 0.3) is 0 Å². The number of methoxy groups -OCH3 is 1. The number of hydrogen-bond donors (Lipinski definition) is 3. The zero-order valence-corrected chi connectivity index (χ0v) is 19.7. The van der Waals surface area contributed by atoms with Crippen molar-refractivity contribution < 1.29 is 23.5 Å². The van der Waals surface area contributed by atoms with Gasteiger partial charge < -0.3 is 26.7 Å². The minimum atomic E-state index is -1.77. The van der Waals surface area contributed by atoms with Gasteiger partial charge in [-0.3, -0.25) is 4.79 Å². The first-order valence-corrected chi connectivity index (χ1v) is 11.6. The molecule has 0 spiro atoms. The van der Waals surface area contributed by atoms with Gasteiger partial charge in [0.05, 0.1) is 17.9 Å². The number of esters is 1. The summed E-state index contributed by atoms with van der Waals surface area (Å²) in [5.74, 6) is -1.37. The molecule has 1 heterocycles. The Kier molecular flexibility index (Phi) is 5.36. The lowest BCUT2D eigenvalue weighted by molar-refractivity contribution is -0.124. The molecule has 0 bridgehead atoms. The Hall–Kier alpha value is -3.79. The molecule has 35 heavy (non-hydrogen) atoms. The molecule has 1 aliphatic rings. The van der Waals surface area contributed by atoms with E-state index in [0.717, 1.165) is 11.3 Å². The maximum absolute atomic E-state index is 15.5. The molecule has 0 aliphatic heterocycles. The molecular formula is C26H22FN3O4S. The standard InChI is InChI=1S/C26H22FN3O4S/c1-12-14(9-11-17(20(12)27)34-13-6-4-3-5-7-13)26(30)15-8-10-16(28)22-18(15)19(21(29)24(26)31)23(35-22)25(32)33-2/h3-11,21H,28-30H2,1-2H3. The smallest absolute Gasteiger partial charge is 0.348 e. The van der Waals surface area contributed by atoms with Crippen molar-refractivity contribution in [2.45, 2.75) is 18.5 Å². The summed E-state index contributed by atoms with van der Waals surface area (Å²) in [4.78, 5) is 26.4. The van der Waals surface area contributed by atoms with Crippen LogP contribution in [0.2, 0.25) is 0 Å². The quantitative estimate of drug-likeness (QED) is 0.287.